The summed E-state index contributed by atoms with van der Waals surface area (Å²) in [6.07, 6.45) is -3.43. The Hall–Kier alpha value is -1.86. The van der Waals surface area contributed by atoms with E-state index in [-0.39, 0.29) is 17.1 Å². The highest BCUT2D eigenvalue weighted by Crippen LogP contribution is 2.20. The SMILES string of the molecule is Cc1cc(NCC(F)(F)F)ncc1[N+](=O)[O-]. The van der Waals surface area contributed by atoms with Crippen LogP contribution in [0.1, 0.15) is 5.56 Å². The highest BCUT2D eigenvalue weighted by molar-refractivity contribution is 5.46. The van der Waals surface area contributed by atoms with E-state index in [1.165, 1.54) is 13.0 Å². The second-order valence-corrected chi connectivity index (χ2v) is 3.08. The third-order valence-corrected chi connectivity index (χ3v) is 1.75. The van der Waals surface area contributed by atoms with Crippen LogP contribution in [0.2, 0.25) is 0 Å². The smallest absolute Gasteiger partial charge is 0.361 e. The molecule has 0 aliphatic heterocycles. The molecule has 0 amide bonds. The quantitative estimate of drug-likeness (QED) is 0.644. The zero-order valence-electron chi connectivity index (χ0n) is 8.21. The Kier molecular flexibility index (Phi) is 3.31. The third kappa shape index (κ3) is 3.37. The molecule has 16 heavy (non-hydrogen) atoms. The minimum atomic E-state index is -4.35. The number of nitrogens with one attached hydrogen (secondary N) is 1. The summed E-state index contributed by atoms with van der Waals surface area (Å²) < 4.78 is 35.6. The van der Waals surface area contributed by atoms with Gasteiger partial charge in [-0.15, -0.1) is 0 Å². The maximum Gasteiger partial charge on any atom is 0.405 e. The molecular weight excluding hydrogens is 227 g/mol. The Bertz CT molecular complexity index is 406. The molecular formula is C8H8F3N3O2. The van der Waals surface area contributed by atoms with E-state index < -0.39 is 17.6 Å². The number of aryl methyl sites for hydroxylation is 1. The Labute approximate surface area is 88.4 Å². The molecule has 0 spiro atoms. The molecule has 0 aliphatic carbocycles. The van der Waals surface area contributed by atoms with Crippen molar-refractivity contribution >= 4 is 11.5 Å². The number of aromatic nitrogens is 1. The van der Waals surface area contributed by atoms with Gasteiger partial charge < -0.3 is 5.32 Å². The average molecular weight is 235 g/mol. The van der Waals surface area contributed by atoms with Crippen LogP contribution in [0.3, 0.4) is 0 Å². The minimum absolute atomic E-state index is 0.0413. The van der Waals surface area contributed by atoms with Crippen LogP contribution in [0.5, 0.6) is 0 Å². The minimum Gasteiger partial charge on any atom is -0.361 e. The topological polar surface area (TPSA) is 68.1 Å². The van der Waals surface area contributed by atoms with E-state index in [4.69, 9.17) is 0 Å². The summed E-state index contributed by atoms with van der Waals surface area (Å²) >= 11 is 0. The Balaban J connectivity index is 2.78. The van der Waals surface area contributed by atoms with E-state index in [0.717, 1.165) is 6.20 Å². The molecule has 0 aliphatic rings. The van der Waals surface area contributed by atoms with E-state index in [1.807, 2.05) is 5.32 Å². The zero-order valence-corrected chi connectivity index (χ0v) is 8.21. The van der Waals surface area contributed by atoms with Crippen LogP contribution < -0.4 is 5.32 Å². The molecule has 0 unspecified atom stereocenters. The van der Waals surface area contributed by atoms with Crippen LogP contribution >= 0.6 is 0 Å². The summed E-state index contributed by atoms with van der Waals surface area (Å²) in [4.78, 5) is 13.3. The average Bonchev–Trinajstić information content (AvgIpc) is 2.13. The van der Waals surface area contributed by atoms with Crippen molar-refractivity contribution in [2.45, 2.75) is 13.1 Å². The van der Waals surface area contributed by atoms with Gasteiger partial charge in [0.15, 0.2) is 0 Å². The first-order valence-electron chi connectivity index (χ1n) is 4.21. The first-order valence-corrected chi connectivity index (χ1v) is 4.21. The van der Waals surface area contributed by atoms with Crippen LogP contribution in [0.15, 0.2) is 12.3 Å². The highest BCUT2D eigenvalue weighted by Gasteiger charge is 2.27. The summed E-state index contributed by atoms with van der Waals surface area (Å²) in [5.74, 6) is -0.0413. The van der Waals surface area contributed by atoms with Gasteiger partial charge in [-0.1, -0.05) is 0 Å². The lowest BCUT2D eigenvalue weighted by Crippen LogP contribution is -2.21. The number of nitro groups is 1. The number of halogens is 3. The molecule has 0 bridgehead atoms. The number of hydrogen-bond donors (Lipinski definition) is 1. The van der Waals surface area contributed by atoms with Gasteiger partial charge in [0.25, 0.3) is 5.69 Å². The number of rotatable bonds is 3. The summed E-state index contributed by atoms with van der Waals surface area (Å²) in [6, 6.07) is 1.20. The van der Waals surface area contributed by atoms with Crippen LogP contribution in [-0.4, -0.2) is 22.6 Å². The molecule has 88 valence electrons. The van der Waals surface area contributed by atoms with Gasteiger partial charge in [0.1, 0.15) is 18.6 Å². The number of alkyl halides is 3. The van der Waals surface area contributed by atoms with E-state index in [1.54, 1.807) is 0 Å². The van der Waals surface area contributed by atoms with Crippen molar-refractivity contribution in [1.82, 2.24) is 4.98 Å². The zero-order chi connectivity index (χ0) is 12.3. The van der Waals surface area contributed by atoms with E-state index in [2.05, 4.69) is 4.98 Å². The second kappa shape index (κ2) is 4.33. The molecule has 0 fully saturated rings. The van der Waals surface area contributed by atoms with E-state index >= 15 is 0 Å². The van der Waals surface area contributed by atoms with Crippen LogP contribution in [0.25, 0.3) is 0 Å². The van der Waals surface area contributed by atoms with Gasteiger partial charge in [0.2, 0.25) is 0 Å². The largest absolute Gasteiger partial charge is 0.405 e. The molecule has 0 saturated heterocycles. The molecule has 0 atom stereocenters. The lowest BCUT2D eigenvalue weighted by atomic mass is 10.2. The van der Waals surface area contributed by atoms with E-state index in [0.29, 0.717) is 0 Å². The predicted octanol–water partition coefficient (Wildman–Crippen LogP) is 2.27. The van der Waals surface area contributed by atoms with Gasteiger partial charge in [0.05, 0.1) is 4.92 Å². The molecule has 8 heteroatoms. The lowest BCUT2D eigenvalue weighted by Gasteiger charge is -2.08. The molecule has 1 heterocycles. The van der Waals surface area contributed by atoms with Crippen molar-refractivity contribution in [3.05, 3.63) is 27.9 Å². The van der Waals surface area contributed by atoms with Crippen LogP contribution in [0.4, 0.5) is 24.7 Å². The van der Waals surface area contributed by atoms with Crippen molar-refractivity contribution in [3.63, 3.8) is 0 Å². The Morgan fingerprint density at radius 1 is 1.56 bits per heavy atom. The molecule has 0 aromatic carbocycles. The van der Waals surface area contributed by atoms with Gasteiger partial charge in [-0.3, -0.25) is 10.1 Å². The third-order valence-electron chi connectivity index (χ3n) is 1.75. The number of anilines is 1. The van der Waals surface area contributed by atoms with Gasteiger partial charge in [0, 0.05) is 5.56 Å². The Morgan fingerprint density at radius 3 is 2.62 bits per heavy atom. The molecule has 1 N–H and O–H groups in total. The maximum absolute atomic E-state index is 11.9. The summed E-state index contributed by atoms with van der Waals surface area (Å²) in [5.41, 5.74) is 0.0298. The fourth-order valence-corrected chi connectivity index (χ4v) is 1.03. The van der Waals surface area contributed by atoms with Gasteiger partial charge in [-0.25, -0.2) is 4.98 Å². The predicted molar refractivity (Wildman–Crippen MR) is 50.2 cm³/mol. The van der Waals surface area contributed by atoms with Gasteiger partial charge >= 0.3 is 6.18 Å². The number of pyridine rings is 1. The Morgan fingerprint density at radius 2 is 2.19 bits per heavy atom. The van der Waals surface area contributed by atoms with Crippen molar-refractivity contribution in [1.29, 1.82) is 0 Å². The van der Waals surface area contributed by atoms with Gasteiger partial charge in [-0.2, -0.15) is 13.2 Å². The molecule has 1 aromatic rings. The molecule has 0 radical (unpaired) electrons. The monoisotopic (exact) mass is 235 g/mol. The van der Waals surface area contributed by atoms with E-state index in [9.17, 15) is 23.3 Å². The fraction of sp³-hybridized carbons (Fsp3) is 0.375. The van der Waals surface area contributed by atoms with Crippen molar-refractivity contribution in [2.24, 2.45) is 0 Å². The van der Waals surface area contributed by atoms with Crippen molar-refractivity contribution in [3.8, 4) is 0 Å². The molecule has 1 aromatic heterocycles. The second-order valence-electron chi connectivity index (χ2n) is 3.08. The van der Waals surface area contributed by atoms with Gasteiger partial charge in [-0.05, 0) is 13.0 Å². The van der Waals surface area contributed by atoms with Crippen molar-refractivity contribution in [2.75, 3.05) is 11.9 Å². The molecule has 0 saturated carbocycles. The number of hydrogen-bond acceptors (Lipinski definition) is 4. The fourth-order valence-electron chi connectivity index (χ4n) is 1.03. The highest BCUT2D eigenvalue weighted by atomic mass is 19.4. The normalized spacial score (nSPS) is 11.2. The molecule has 5 nitrogen and oxygen atoms in total. The summed E-state index contributed by atoms with van der Waals surface area (Å²) in [6.45, 7) is 0.204. The van der Waals surface area contributed by atoms with Crippen molar-refractivity contribution < 1.29 is 18.1 Å². The first-order chi connectivity index (χ1) is 7.29. The number of nitrogens with zero attached hydrogens (tertiary/aromatic N) is 2. The summed E-state index contributed by atoms with van der Waals surface area (Å²) in [5, 5.41) is 12.4. The standard InChI is InChI=1S/C8H8F3N3O2/c1-5-2-7(13-4-8(9,10)11)12-3-6(5)14(15)16/h2-3H,4H2,1H3,(H,12,13). The van der Waals surface area contributed by atoms with Crippen LogP contribution in [-0.2, 0) is 0 Å². The first kappa shape index (κ1) is 12.2. The van der Waals surface area contributed by atoms with Crippen LogP contribution in [0, 0.1) is 17.0 Å². The summed E-state index contributed by atoms with van der Waals surface area (Å²) in [7, 11) is 0. The molecule has 1 rings (SSSR count). The lowest BCUT2D eigenvalue weighted by molar-refractivity contribution is -0.385. The maximum atomic E-state index is 11.9.